The average Bonchev–Trinajstić information content (AvgIpc) is 2.69. The Labute approximate surface area is 83.4 Å². The van der Waals surface area contributed by atoms with Gasteiger partial charge in [-0.1, -0.05) is 5.16 Å². The SMILES string of the molecule is COCCOCCNCc1ccno1. The summed E-state index contributed by atoms with van der Waals surface area (Å²) in [4.78, 5) is 0. The number of aromatic nitrogens is 1. The van der Waals surface area contributed by atoms with Crippen LogP contribution in [0, 0.1) is 0 Å². The molecule has 0 atom stereocenters. The molecule has 0 aliphatic rings. The highest BCUT2D eigenvalue weighted by atomic mass is 16.5. The first-order chi connectivity index (χ1) is 6.93. The minimum Gasteiger partial charge on any atom is -0.382 e. The lowest BCUT2D eigenvalue weighted by molar-refractivity contribution is 0.0717. The molecule has 0 amide bonds. The molecule has 1 heterocycles. The molecule has 80 valence electrons. The van der Waals surface area contributed by atoms with Crippen LogP contribution in [0.4, 0.5) is 0 Å². The van der Waals surface area contributed by atoms with Gasteiger partial charge in [0.05, 0.1) is 32.6 Å². The number of rotatable bonds is 8. The van der Waals surface area contributed by atoms with E-state index in [1.165, 1.54) is 0 Å². The Kier molecular flexibility index (Phi) is 5.97. The van der Waals surface area contributed by atoms with Crippen LogP contribution in [0.25, 0.3) is 0 Å². The van der Waals surface area contributed by atoms with Gasteiger partial charge in [-0.25, -0.2) is 0 Å². The Hall–Kier alpha value is -0.910. The zero-order valence-electron chi connectivity index (χ0n) is 8.36. The van der Waals surface area contributed by atoms with Crippen molar-refractivity contribution in [2.45, 2.75) is 6.54 Å². The molecule has 0 aromatic carbocycles. The summed E-state index contributed by atoms with van der Waals surface area (Å²) < 4.78 is 15.0. The van der Waals surface area contributed by atoms with Crippen molar-refractivity contribution in [2.24, 2.45) is 0 Å². The molecule has 0 spiro atoms. The van der Waals surface area contributed by atoms with E-state index < -0.39 is 0 Å². The first-order valence-corrected chi connectivity index (χ1v) is 4.60. The van der Waals surface area contributed by atoms with E-state index in [9.17, 15) is 0 Å². The van der Waals surface area contributed by atoms with Gasteiger partial charge >= 0.3 is 0 Å². The van der Waals surface area contributed by atoms with Crippen LogP contribution in [-0.4, -0.2) is 38.6 Å². The van der Waals surface area contributed by atoms with E-state index in [1.807, 2.05) is 6.07 Å². The Morgan fingerprint density at radius 3 is 3.07 bits per heavy atom. The molecule has 0 aliphatic heterocycles. The van der Waals surface area contributed by atoms with Crippen molar-refractivity contribution in [3.05, 3.63) is 18.0 Å². The second kappa shape index (κ2) is 7.49. The molecule has 1 rings (SSSR count). The second-order valence-corrected chi connectivity index (χ2v) is 2.76. The standard InChI is InChI=1S/C9H16N2O3/c1-12-6-7-13-5-4-10-8-9-2-3-11-14-9/h2-3,10H,4-8H2,1H3. The molecular weight excluding hydrogens is 184 g/mol. The van der Waals surface area contributed by atoms with Crippen molar-refractivity contribution in [3.8, 4) is 0 Å². The van der Waals surface area contributed by atoms with Crippen LogP contribution in [0.3, 0.4) is 0 Å². The van der Waals surface area contributed by atoms with Crippen LogP contribution in [-0.2, 0) is 16.0 Å². The minimum atomic E-state index is 0.639. The van der Waals surface area contributed by atoms with Crippen molar-refractivity contribution in [3.63, 3.8) is 0 Å². The molecule has 0 aliphatic carbocycles. The smallest absolute Gasteiger partial charge is 0.150 e. The van der Waals surface area contributed by atoms with Crippen LogP contribution in [0.2, 0.25) is 0 Å². The molecule has 1 aromatic heterocycles. The van der Waals surface area contributed by atoms with Gasteiger partial charge in [-0.3, -0.25) is 0 Å². The predicted octanol–water partition coefficient (Wildman–Crippen LogP) is 0.427. The van der Waals surface area contributed by atoms with Crippen LogP contribution in [0.1, 0.15) is 5.76 Å². The van der Waals surface area contributed by atoms with E-state index in [0.29, 0.717) is 26.4 Å². The summed E-state index contributed by atoms with van der Waals surface area (Å²) in [7, 11) is 1.66. The zero-order valence-corrected chi connectivity index (χ0v) is 8.36. The minimum absolute atomic E-state index is 0.639. The summed E-state index contributed by atoms with van der Waals surface area (Å²) in [6.45, 7) is 3.44. The normalized spacial score (nSPS) is 10.6. The molecule has 1 N–H and O–H groups in total. The fourth-order valence-electron chi connectivity index (χ4n) is 0.934. The molecule has 0 bridgehead atoms. The van der Waals surface area contributed by atoms with E-state index >= 15 is 0 Å². The second-order valence-electron chi connectivity index (χ2n) is 2.76. The fourth-order valence-corrected chi connectivity index (χ4v) is 0.934. The van der Waals surface area contributed by atoms with Crippen LogP contribution in [0.5, 0.6) is 0 Å². The molecule has 5 nitrogen and oxygen atoms in total. The summed E-state index contributed by atoms with van der Waals surface area (Å²) in [5.74, 6) is 0.835. The van der Waals surface area contributed by atoms with Crippen LogP contribution in [0.15, 0.2) is 16.8 Å². The number of methoxy groups -OCH3 is 1. The number of ether oxygens (including phenoxy) is 2. The maximum Gasteiger partial charge on any atom is 0.150 e. The first-order valence-electron chi connectivity index (χ1n) is 4.60. The van der Waals surface area contributed by atoms with Gasteiger partial charge in [0, 0.05) is 19.7 Å². The van der Waals surface area contributed by atoms with E-state index in [2.05, 4.69) is 10.5 Å². The number of hydrogen-bond donors (Lipinski definition) is 1. The van der Waals surface area contributed by atoms with Crippen molar-refractivity contribution < 1.29 is 14.0 Å². The van der Waals surface area contributed by atoms with Gasteiger partial charge in [0.15, 0.2) is 0 Å². The van der Waals surface area contributed by atoms with Gasteiger partial charge in [0.1, 0.15) is 5.76 Å². The Morgan fingerprint density at radius 1 is 1.43 bits per heavy atom. The van der Waals surface area contributed by atoms with Crippen molar-refractivity contribution in [1.82, 2.24) is 10.5 Å². The van der Waals surface area contributed by atoms with E-state index in [-0.39, 0.29) is 0 Å². The number of nitrogens with zero attached hydrogens (tertiary/aromatic N) is 1. The topological polar surface area (TPSA) is 56.5 Å². The van der Waals surface area contributed by atoms with E-state index in [0.717, 1.165) is 12.3 Å². The van der Waals surface area contributed by atoms with Gasteiger partial charge in [-0.2, -0.15) is 0 Å². The van der Waals surface area contributed by atoms with Gasteiger partial charge < -0.3 is 19.3 Å². The van der Waals surface area contributed by atoms with Crippen molar-refractivity contribution in [1.29, 1.82) is 0 Å². The lowest BCUT2D eigenvalue weighted by Crippen LogP contribution is -2.19. The van der Waals surface area contributed by atoms with Crippen LogP contribution >= 0.6 is 0 Å². The highest BCUT2D eigenvalue weighted by molar-refractivity contribution is 4.91. The molecule has 0 saturated heterocycles. The summed E-state index contributed by atoms with van der Waals surface area (Å²) >= 11 is 0. The van der Waals surface area contributed by atoms with Gasteiger partial charge in [-0.15, -0.1) is 0 Å². The molecule has 5 heteroatoms. The maximum atomic E-state index is 5.26. The summed E-state index contributed by atoms with van der Waals surface area (Å²) in [5, 5.41) is 6.76. The van der Waals surface area contributed by atoms with Gasteiger partial charge in [-0.05, 0) is 0 Å². The largest absolute Gasteiger partial charge is 0.382 e. The quantitative estimate of drug-likeness (QED) is 0.617. The average molecular weight is 200 g/mol. The molecule has 1 aromatic rings. The van der Waals surface area contributed by atoms with E-state index in [1.54, 1.807) is 13.3 Å². The predicted molar refractivity (Wildman–Crippen MR) is 50.9 cm³/mol. The third-order valence-corrected chi connectivity index (χ3v) is 1.65. The van der Waals surface area contributed by atoms with Gasteiger partial charge in [0.25, 0.3) is 0 Å². The highest BCUT2D eigenvalue weighted by Crippen LogP contribution is 1.93. The summed E-state index contributed by atoms with van der Waals surface area (Å²) in [5.41, 5.74) is 0. The molecular formula is C9H16N2O3. The van der Waals surface area contributed by atoms with Gasteiger partial charge in [0.2, 0.25) is 0 Å². The molecule has 0 saturated carbocycles. The molecule has 0 unspecified atom stereocenters. The monoisotopic (exact) mass is 200 g/mol. The third kappa shape index (κ3) is 4.96. The fraction of sp³-hybridized carbons (Fsp3) is 0.667. The zero-order chi connectivity index (χ0) is 10.1. The Bertz CT molecular complexity index is 214. The number of hydrogen-bond acceptors (Lipinski definition) is 5. The molecule has 14 heavy (non-hydrogen) atoms. The molecule has 0 fully saturated rings. The molecule has 0 radical (unpaired) electrons. The van der Waals surface area contributed by atoms with E-state index in [4.69, 9.17) is 14.0 Å². The van der Waals surface area contributed by atoms with Crippen molar-refractivity contribution in [2.75, 3.05) is 33.5 Å². The lowest BCUT2D eigenvalue weighted by Gasteiger charge is -2.03. The Morgan fingerprint density at radius 2 is 2.36 bits per heavy atom. The van der Waals surface area contributed by atoms with Crippen molar-refractivity contribution >= 4 is 0 Å². The van der Waals surface area contributed by atoms with Crippen LogP contribution < -0.4 is 5.32 Å². The number of nitrogens with one attached hydrogen (secondary N) is 1. The lowest BCUT2D eigenvalue weighted by atomic mass is 10.4. The highest BCUT2D eigenvalue weighted by Gasteiger charge is 1.94. The third-order valence-electron chi connectivity index (χ3n) is 1.65. The first kappa shape index (κ1) is 11.2. The maximum absolute atomic E-state index is 5.26. The Balaban J connectivity index is 1.85. The summed E-state index contributed by atoms with van der Waals surface area (Å²) in [6.07, 6.45) is 1.63. The summed E-state index contributed by atoms with van der Waals surface area (Å²) in [6, 6.07) is 1.83.